The number of amides is 2. The van der Waals surface area contributed by atoms with Gasteiger partial charge in [0, 0.05) is 23.0 Å². The summed E-state index contributed by atoms with van der Waals surface area (Å²) in [4.78, 5) is 16.3. The minimum absolute atomic E-state index is 0.232. The van der Waals surface area contributed by atoms with Crippen LogP contribution in [0.25, 0.3) is 0 Å². The topological polar surface area (TPSA) is 107 Å². The summed E-state index contributed by atoms with van der Waals surface area (Å²) in [6.07, 6.45) is 3.54. The maximum absolute atomic E-state index is 12.0. The molecule has 4 rings (SSSR count). The predicted molar refractivity (Wildman–Crippen MR) is 119 cm³/mol. The van der Waals surface area contributed by atoms with Gasteiger partial charge < -0.3 is 10.1 Å². The first kappa shape index (κ1) is 21.1. The zero-order valence-corrected chi connectivity index (χ0v) is 17.6. The van der Waals surface area contributed by atoms with E-state index >= 15 is 0 Å². The van der Waals surface area contributed by atoms with Crippen molar-refractivity contribution in [2.24, 2.45) is 10.2 Å². The number of azo groups is 1. The molecular weight excluding hydrogens is 430 g/mol. The van der Waals surface area contributed by atoms with Crippen LogP contribution >= 0.6 is 11.6 Å². The van der Waals surface area contributed by atoms with E-state index in [1.165, 1.54) is 0 Å². The van der Waals surface area contributed by atoms with Gasteiger partial charge in [0.15, 0.2) is 0 Å². The minimum atomic E-state index is -0.602. The number of ether oxygens (including phenoxy) is 1. The van der Waals surface area contributed by atoms with Crippen LogP contribution in [0.4, 0.5) is 16.2 Å². The number of nitrogens with one attached hydrogen (secondary N) is 1. The molecule has 0 atom stereocenters. The highest BCUT2D eigenvalue weighted by Crippen LogP contribution is 2.20. The highest BCUT2D eigenvalue weighted by Gasteiger charge is 2.06. The van der Waals surface area contributed by atoms with Gasteiger partial charge in [-0.1, -0.05) is 34.1 Å². The Morgan fingerprint density at radius 1 is 1.06 bits per heavy atom. The Bertz CT molecular complexity index is 1210. The first-order valence-corrected chi connectivity index (χ1v) is 10.0. The monoisotopic (exact) mass is 447 g/mol. The van der Waals surface area contributed by atoms with Gasteiger partial charge in [0.05, 0.1) is 24.1 Å². The number of rotatable bonds is 7. The van der Waals surface area contributed by atoms with E-state index in [-0.39, 0.29) is 6.61 Å². The SMILES string of the molecule is O=C(N=Nc1ccc(Cl)cc1)Nc1cccc(OCc2cn(Cc3ccccn3)nn2)c1. The van der Waals surface area contributed by atoms with E-state index in [0.29, 0.717) is 34.4 Å². The minimum Gasteiger partial charge on any atom is -0.487 e. The second-order valence-electron chi connectivity index (χ2n) is 6.65. The lowest BCUT2D eigenvalue weighted by Gasteiger charge is -2.06. The molecule has 9 nitrogen and oxygen atoms in total. The number of carbonyl (C=O) groups excluding carboxylic acids is 1. The maximum atomic E-state index is 12.0. The molecule has 0 aliphatic rings. The summed E-state index contributed by atoms with van der Waals surface area (Å²) in [6.45, 7) is 0.760. The molecule has 0 aliphatic heterocycles. The van der Waals surface area contributed by atoms with Crippen LogP contribution in [-0.4, -0.2) is 26.0 Å². The molecule has 160 valence electrons. The molecule has 32 heavy (non-hydrogen) atoms. The van der Waals surface area contributed by atoms with Crippen LogP contribution in [-0.2, 0) is 13.2 Å². The van der Waals surface area contributed by atoms with Crippen LogP contribution in [0.5, 0.6) is 5.75 Å². The van der Waals surface area contributed by atoms with Crippen LogP contribution in [0.2, 0.25) is 5.02 Å². The van der Waals surface area contributed by atoms with Gasteiger partial charge in [0.1, 0.15) is 18.1 Å². The zero-order chi connectivity index (χ0) is 22.2. The molecule has 2 aromatic heterocycles. The molecule has 10 heteroatoms. The Labute approximate surface area is 188 Å². The molecule has 0 bridgehead atoms. The van der Waals surface area contributed by atoms with Crippen molar-refractivity contribution in [3.8, 4) is 5.75 Å². The third kappa shape index (κ3) is 6.19. The third-order valence-electron chi connectivity index (χ3n) is 4.19. The Balaban J connectivity index is 1.30. The van der Waals surface area contributed by atoms with Crippen molar-refractivity contribution >= 4 is 29.0 Å². The lowest BCUT2D eigenvalue weighted by atomic mass is 10.3. The molecule has 2 aromatic carbocycles. The number of urea groups is 1. The van der Waals surface area contributed by atoms with Crippen molar-refractivity contribution in [1.29, 1.82) is 0 Å². The highest BCUT2D eigenvalue weighted by molar-refractivity contribution is 6.30. The van der Waals surface area contributed by atoms with Gasteiger partial charge in [-0.3, -0.25) is 4.98 Å². The van der Waals surface area contributed by atoms with Gasteiger partial charge in [-0.25, -0.2) is 9.48 Å². The number of nitrogens with zero attached hydrogens (tertiary/aromatic N) is 6. The number of hydrogen-bond acceptors (Lipinski definition) is 6. The van der Waals surface area contributed by atoms with E-state index in [1.54, 1.807) is 65.6 Å². The number of aromatic nitrogens is 4. The van der Waals surface area contributed by atoms with Crippen LogP contribution < -0.4 is 10.1 Å². The Morgan fingerprint density at radius 2 is 1.94 bits per heavy atom. The number of halogens is 1. The van der Waals surface area contributed by atoms with E-state index in [1.807, 2.05) is 18.2 Å². The summed E-state index contributed by atoms with van der Waals surface area (Å²) >= 11 is 5.82. The fourth-order valence-corrected chi connectivity index (χ4v) is 2.85. The van der Waals surface area contributed by atoms with Gasteiger partial charge in [0.2, 0.25) is 0 Å². The number of pyridine rings is 1. The van der Waals surface area contributed by atoms with Gasteiger partial charge in [-0.2, -0.15) is 0 Å². The second-order valence-corrected chi connectivity index (χ2v) is 7.09. The molecule has 1 N–H and O–H groups in total. The van der Waals surface area contributed by atoms with Crippen molar-refractivity contribution in [1.82, 2.24) is 20.0 Å². The molecule has 0 saturated heterocycles. The average molecular weight is 448 g/mol. The van der Waals surface area contributed by atoms with E-state index in [9.17, 15) is 4.79 Å². The first-order valence-electron chi connectivity index (χ1n) is 9.64. The number of anilines is 1. The van der Waals surface area contributed by atoms with Crippen LogP contribution in [0, 0.1) is 0 Å². The summed E-state index contributed by atoms with van der Waals surface area (Å²) < 4.78 is 7.47. The smallest absolute Gasteiger partial charge is 0.364 e. The lowest BCUT2D eigenvalue weighted by molar-refractivity contribution is 0.258. The largest absolute Gasteiger partial charge is 0.487 e. The molecule has 0 unspecified atom stereocenters. The Hall–Kier alpha value is -4.11. The third-order valence-corrected chi connectivity index (χ3v) is 4.44. The lowest BCUT2D eigenvalue weighted by Crippen LogP contribution is -2.05. The standard InChI is InChI=1S/C22H18ClN7O2/c23-16-7-9-17(10-8-16)26-28-22(31)25-18-5-3-6-21(12-18)32-15-20-14-30(29-27-20)13-19-4-1-2-11-24-19/h1-12,14H,13,15H2,(H,25,31). The predicted octanol–water partition coefficient (Wildman–Crippen LogP) is 5.27. The quantitative estimate of drug-likeness (QED) is 0.388. The molecule has 2 amide bonds. The van der Waals surface area contributed by atoms with Crippen LogP contribution in [0.1, 0.15) is 11.4 Å². The molecule has 0 aliphatic carbocycles. The molecule has 2 heterocycles. The van der Waals surface area contributed by atoms with Gasteiger partial charge in [-0.15, -0.1) is 10.2 Å². The number of carbonyl (C=O) groups is 1. The fraction of sp³-hybridized carbons (Fsp3) is 0.0909. The van der Waals surface area contributed by atoms with E-state index in [0.717, 1.165) is 5.69 Å². The summed E-state index contributed by atoms with van der Waals surface area (Å²) in [6, 6.07) is 18.7. The van der Waals surface area contributed by atoms with Crippen molar-refractivity contribution in [3.63, 3.8) is 0 Å². The normalized spacial score (nSPS) is 10.9. The molecule has 0 saturated carbocycles. The van der Waals surface area contributed by atoms with Crippen LogP contribution in [0.3, 0.4) is 0 Å². The summed E-state index contributed by atoms with van der Waals surface area (Å²) in [5.41, 5.74) is 2.62. The molecular formula is C22H18ClN7O2. The van der Waals surface area contributed by atoms with Crippen LogP contribution in [0.15, 0.2) is 89.4 Å². The molecule has 0 fully saturated rings. The number of benzene rings is 2. The maximum Gasteiger partial charge on any atom is 0.364 e. The van der Waals surface area contributed by atoms with Crippen molar-refractivity contribution in [3.05, 3.63) is 95.5 Å². The fourth-order valence-electron chi connectivity index (χ4n) is 2.72. The van der Waals surface area contributed by atoms with Crippen molar-refractivity contribution in [2.45, 2.75) is 13.2 Å². The van der Waals surface area contributed by atoms with Crippen molar-refractivity contribution < 1.29 is 9.53 Å². The van der Waals surface area contributed by atoms with Gasteiger partial charge >= 0.3 is 6.03 Å². The van der Waals surface area contributed by atoms with E-state index in [2.05, 4.69) is 30.8 Å². The average Bonchev–Trinajstić information content (AvgIpc) is 3.25. The highest BCUT2D eigenvalue weighted by atomic mass is 35.5. The molecule has 0 spiro atoms. The summed E-state index contributed by atoms with van der Waals surface area (Å²) in [5.74, 6) is 0.566. The summed E-state index contributed by atoms with van der Waals surface area (Å²) in [7, 11) is 0. The number of hydrogen-bond donors (Lipinski definition) is 1. The van der Waals surface area contributed by atoms with Gasteiger partial charge in [0.25, 0.3) is 0 Å². The van der Waals surface area contributed by atoms with Gasteiger partial charge in [-0.05, 0) is 48.5 Å². The van der Waals surface area contributed by atoms with E-state index < -0.39 is 6.03 Å². The Morgan fingerprint density at radius 3 is 2.75 bits per heavy atom. The summed E-state index contributed by atoms with van der Waals surface area (Å²) in [5, 5.41) is 19.0. The molecule has 4 aromatic rings. The molecule has 0 radical (unpaired) electrons. The first-order chi connectivity index (χ1) is 15.6. The zero-order valence-electron chi connectivity index (χ0n) is 16.8. The van der Waals surface area contributed by atoms with Crippen molar-refractivity contribution in [2.75, 3.05) is 5.32 Å². The Kier molecular flexibility index (Phi) is 6.78. The van der Waals surface area contributed by atoms with E-state index in [4.69, 9.17) is 16.3 Å². The second kappa shape index (κ2) is 10.3.